The molecule has 0 aromatic heterocycles. The summed E-state index contributed by atoms with van der Waals surface area (Å²) in [6, 6.07) is 9.46. The van der Waals surface area contributed by atoms with Gasteiger partial charge in [0.15, 0.2) is 0 Å². The lowest BCUT2D eigenvalue weighted by Gasteiger charge is -2.48. The van der Waals surface area contributed by atoms with Crippen LogP contribution in [-0.4, -0.2) is 31.1 Å². The highest BCUT2D eigenvalue weighted by molar-refractivity contribution is 5.24. The summed E-state index contributed by atoms with van der Waals surface area (Å²) in [5.74, 6) is 0. The molecule has 0 aliphatic heterocycles. The van der Waals surface area contributed by atoms with E-state index in [9.17, 15) is 0 Å². The van der Waals surface area contributed by atoms with Crippen LogP contribution in [0.4, 0.5) is 0 Å². The Kier molecular flexibility index (Phi) is 4.64. The third-order valence-corrected chi connectivity index (χ3v) is 4.86. The summed E-state index contributed by atoms with van der Waals surface area (Å²) < 4.78 is 0. The first-order valence-electron chi connectivity index (χ1n) is 7.57. The fourth-order valence-corrected chi connectivity index (χ4v) is 2.87. The number of rotatable bonds is 6. The Balaban J connectivity index is 1.91. The Hall–Kier alpha value is -0.860. The van der Waals surface area contributed by atoms with Gasteiger partial charge in [0, 0.05) is 18.1 Å². The van der Waals surface area contributed by atoms with E-state index in [4.69, 9.17) is 0 Å². The van der Waals surface area contributed by atoms with Crippen LogP contribution in [0, 0.1) is 0 Å². The van der Waals surface area contributed by atoms with Gasteiger partial charge in [0.25, 0.3) is 0 Å². The number of aryl methyl sites for hydroxylation is 1. The van der Waals surface area contributed by atoms with Gasteiger partial charge in [0.2, 0.25) is 0 Å². The van der Waals surface area contributed by atoms with Gasteiger partial charge in [-0.1, -0.05) is 31.2 Å². The van der Waals surface area contributed by atoms with Crippen LogP contribution in [0.2, 0.25) is 0 Å². The second-order valence-corrected chi connectivity index (χ2v) is 6.17. The molecule has 0 amide bonds. The minimum Gasteiger partial charge on any atom is -0.308 e. The largest absolute Gasteiger partial charge is 0.308 e. The molecule has 0 heterocycles. The van der Waals surface area contributed by atoms with E-state index >= 15 is 0 Å². The topological polar surface area (TPSA) is 15.3 Å². The molecule has 2 nitrogen and oxygen atoms in total. The molecule has 1 unspecified atom stereocenters. The Morgan fingerprint density at radius 1 is 1.21 bits per heavy atom. The summed E-state index contributed by atoms with van der Waals surface area (Å²) >= 11 is 0. The molecule has 0 radical (unpaired) electrons. The molecule has 1 N–H and O–H groups in total. The van der Waals surface area contributed by atoms with Gasteiger partial charge in [0.1, 0.15) is 0 Å². The Labute approximate surface area is 118 Å². The second-order valence-electron chi connectivity index (χ2n) is 6.17. The maximum atomic E-state index is 3.72. The molecule has 0 saturated heterocycles. The van der Waals surface area contributed by atoms with Crippen molar-refractivity contribution in [1.29, 1.82) is 0 Å². The van der Waals surface area contributed by atoms with Crippen LogP contribution in [-0.2, 0) is 6.42 Å². The molecule has 2 heteroatoms. The smallest absolute Gasteiger partial charge is 0.0328 e. The predicted molar refractivity (Wildman–Crippen MR) is 82.5 cm³/mol. The summed E-state index contributed by atoms with van der Waals surface area (Å²) in [4.78, 5) is 2.40. The van der Waals surface area contributed by atoms with Gasteiger partial charge in [-0.25, -0.2) is 0 Å². The van der Waals surface area contributed by atoms with Gasteiger partial charge in [-0.2, -0.15) is 0 Å². The van der Waals surface area contributed by atoms with Gasteiger partial charge >= 0.3 is 0 Å². The van der Waals surface area contributed by atoms with Crippen LogP contribution in [0.5, 0.6) is 0 Å². The number of hydrogen-bond donors (Lipinski definition) is 1. The van der Waals surface area contributed by atoms with Crippen LogP contribution >= 0.6 is 0 Å². The SMILES string of the molecule is CCc1ccc(C(C)NCC2(N(C)C)CCC2)cc1. The van der Waals surface area contributed by atoms with Crippen LogP contribution in [0.1, 0.15) is 50.3 Å². The van der Waals surface area contributed by atoms with Crippen molar-refractivity contribution in [2.45, 2.75) is 51.1 Å². The van der Waals surface area contributed by atoms with Crippen molar-refractivity contribution in [2.75, 3.05) is 20.6 Å². The number of nitrogens with one attached hydrogen (secondary N) is 1. The standard InChI is InChI=1S/C17H28N2/c1-5-15-7-9-16(10-8-15)14(2)18-13-17(19(3)4)11-6-12-17/h7-10,14,18H,5-6,11-13H2,1-4H3. The fourth-order valence-electron chi connectivity index (χ4n) is 2.87. The first-order chi connectivity index (χ1) is 9.07. The molecule has 0 bridgehead atoms. The molecule has 1 atom stereocenters. The predicted octanol–water partition coefficient (Wildman–Crippen LogP) is 3.38. The Bertz CT molecular complexity index is 390. The van der Waals surface area contributed by atoms with E-state index in [1.165, 1.54) is 30.4 Å². The summed E-state index contributed by atoms with van der Waals surface area (Å²) in [5, 5.41) is 3.72. The quantitative estimate of drug-likeness (QED) is 0.843. The van der Waals surface area contributed by atoms with E-state index in [0.29, 0.717) is 11.6 Å². The van der Waals surface area contributed by atoms with Crippen LogP contribution in [0.15, 0.2) is 24.3 Å². The highest BCUT2D eigenvalue weighted by Gasteiger charge is 2.38. The van der Waals surface area contributed by atoms with Crippen molar-refractivity contribution in [1.82, 2.24) is 10.2 Å². The number of hydrogen-bond acceptors (Lipinski definition) is 2. The molecule has 19 heavy (non-hydrogen) atoms. The van der Waals surface area contributed by atoms with Crippen molar-refractivity contribution < 1.29 is 0 Å². The minimum absolute atomic E-state index is 0.400. The molecule has 1 saturated carbocycles. The van der Waals surface area contributed by atoms with Gasteiger partial charge < -0.3 is 10.2 Å². The van der Waals surface area contributed by atoms with Gasteiger partial charge in [0.05, 0.1) is 0 Å². The Morgan fingerprint density at radius 3 is 2.26 bits per heavy atom. The average Bonchev–Trinajstić information content (AvgIpc) is 2.37. The summed E-state index contributed by atoms with van der Waals surface area (Å²) in [7, 11) is 4.42. The molecule has 0 spiro atoms. The second kappa shape index (κ2) is 6.06. The van der Waals surface area contributed by atoms with Gasteiger partial charge in [-0.15, -0.1) is 0 Å². The van der Waals surface area contributed by atoms with Crippen molar-refractivity contribution in [3.63, 3.8) is 0 Å². The van der Waals surface area contributed by atoms with Crippen LogP contribution < -0.4 is 5.32 Å². The molecule has 1 aromatic rings. The maximum Gasteiger partial charge on any atom is 0.0328 e. The molecular formula is C17H28N2. The monoisotopic (exact) mass is 260 g/mol. The van der Waals surface area contributed by atoms with Crippen LogP contribution in [0.25, 0.3) is 0 Å². The van der Waals surface area contributed by atoms with Crippen LogP contribution in [0.3, 0.4) is 0 Å². The average molecular weight is 260 g/mol. The van der Waals surface area contributed by atoms with Crippen molar-refractivity contribution in [2.24, 2.45) is 0 Å². The van der Waals surface area contributed by atoms with Gasteiger partial charge in [-0.05, 0) is 57.8 Å². The highest BCUT2D eigenvalue weighted by Crippen LogP contribution is 2.35. The first kappa shape index (κ1) is 14.5. The third-order valence-electron chi connectivity index (χ3n) is 4.86. The maximum absolute atomic E-state index is 3.72. The summed E-state index contributed by atoms with van der Waals surface area (Å²) in [6.45, 7) is 5.56. The van der Waals surface area contributed by atoms with E-state index in [-0.39, 0.29) is 0 Å². The van der Waals surface area contributed by atoms with Crippen molar-refractivity contribution in [3.05, 3.63) is 35.4 Å². The summed E-state index contributed by atoms with van der Waals surface area (Å²) in [6.07, 6.45) is 5.15. The van der Waals surface area contributed by atoms with Crippen molar-refractivity contribution in [3.8, 4) is 0 Å². The molecule has 1 fully saturated rings. The molecule has 2 rings (SSSR count). The molecule has 1 aromatic carbocycles. The van der Waals surface area contributed by atoms with E-state index in [1.54, 1.807) is 0 Å². The highest BCUT2D eigenvalue weighted by atomic mass is 15.2. The van der Waals surface area contributed by atoms with E-state index in [2.05, 4.69) is 62.4 Å². The van der Waals surface area contributed by atoms with E-state index < -0.39 is 0 Å². The zero-order valence-electron chi connectivity index (χ0n) is 12.9. The lowest BCUT2D eigenvalue weighted by atomic mass is 9.75. The summed E-state index contributed by atoms with van der Waals surface area (Å²) in [5.41, 5.74) is 3.21. The number of nitrogens with zero attached hydrogens (tertiary/aromatic N) is 1. The van der Waals surface area contributed by atoms with E-state index in [1.807, 2.05) is 0 Å². The molecule has 106 valence electrons. The number of likely N-dealkylation sites (N-methyl/N-ethyl adjacent to an activating group) is 1. The lowest BCUT2D eigenvalue weighted by molar-refractivity contribution is 0.0576. The third kappa shape index (κ3) is 3.18. The number of benzene rings is 1. The Morgan fingerprint density at radius 2 is 1.84 bits per heavy atom. The van der Waals surface area contributed by atoms with E-state index in [0.717, 1.165) is 13.0 Å². The molecular weight excluding hydrogens is 232 g/mol. The lowest BCUT2D eigenvalue weighted by Crippen LogP contribution is -2.56. The zero-order valence-corrected chi connectivity index (χ0v) is 12.9. The van der Waals surface area contributed by atoms with Crippen molar-refractivity contribution >= 4 is 0 Å². The molecule has 1 aliphatic rings. The fraction of sp³-hybridized carbons (Fsp3) is 0.647. The normalized spacial score (nSPS) is 19.2. The molecule has 1 aliphatic carbocycles. The zero-order chi connectivity index (χ0) is 13.9. The first-order valence-corrected chi connectivity index (χ1v) is 7.57. The minimum atomic E-state index is 0.400. The van der Waals surface area contributed by atoms with Gasteiger partial charge in [-0.3, -0.25) is 0 Å².